The molecule has 0 spiro atoms. The van der Waals surface area contributed by atoms with Crippen molar-refractivity contribution in [2.24, 2.45) is 0 Å². The lowest BCUT2D eigenvalue weighted by atomic mass is 10.1. The van der Waals surface area contributed by atoms with Gasteiger partial charge in [-0.2, -0.15) is 0 Å². The fraction of sp³-hybridized carbons (Fsp3) is 0.800. The number of hydrogen-bond acceptors (Lipinski definition) is 12. The Morgan fingerprint density at radius 3 is 1.11 bits per heavy atom. The molecule has 16 nitrogen and oxygen atoms in total. The van der Waals surface area contributed by atoms with Gasteiger partial charge in [-0.15, -0.1) is 0 Å². The quantitative estimate of drug-likeness (QED) is 0.122. The lowest BCUT2D eigenvalue weighted by molar-refractivity contribution is -0.137. The zero-order valence-electron chi connectivity index (χ0n) is 14.0. The predicted molar refractivity (Wildman–Crippen MR) is 84.2 cm³/mol. The van der Waals surface area contributed by atoms with Crippen LogP contribution in [0.5, 0.6) is 0 Å². The van der Waals surface area contributed by atoms with E-state index >= 15 is 0 Å². The highest BCUT2D eigenvalue weighted by molar-refractivity contribution is 7.46. The van der Waals surface area contributed by atoms with Crippen LogP contribution in [0, 0.1) is 0 Å². The molecule has 0 aromatic heterocycles. The first kappa shape index (κ1) is 29.5. The van der Waals surface area contributed by atoms with E-state index in [1.165, 1.54) is 0 Å². The highest BCUT2D eigenvalue weighted by Crippen LogP contribution is 2.36. The summed E-state index contributed by atoms with van der Waals surface area (Å²) in [5, 5.41) is 52.2. The maximum atomic E-state index is 10.6. The summed E-state index contributed by atoms with van der Waals surface area (Å²) in [4.78, 5) is 54.0. The van der Waals surface area contributed by atoms with Crippen LogP contribution in [-0.2, 0) is 27.8 Å². The minimum Gasteiger partial charge on any atom is -0.388 e. The van der Waals surface area contributed by atoms with Crippen LogP contribution in [0.4, 0.5) is 0 Å². The van der Waals surface area contributed by atoms with Crippen molar-refractivity contribution in [3.05, 3.63) is 0 Å². The van der Waals surface area contributed by atoms with Crippen LogP contribution in [0.25, 0.3) is 0 Å². The Bertz CT molecular complexity index is 518. The SMILES string of the molecule is O=C(CO)C(O)C(O)COP(=O)(O)O.O=C(CO)C(O)C(O)COP(=O)(O)O. The van der Waals surface area contributed by atoms with Crippen molar-refractivity contribution in [2.75, 3.05) is 26.4 Å². The Kier molecular flexibility index (Phi) is 14.3. The molecule has 0 radical (unpaired) electrons. The van der Waals surface area contributed by atoms with Crippen molar-refractivity contribution in [3.63, 3.8) is 0 Å². The van der Waals surface area contributed by atoms with Crippen molar-refractivity contribution in [3.8, 4) is 0 Å². The molecule has 28 heavy (non-hydrogen) atoms. The predicted octanol–water partition coefficient (Wildman–Crippen LogP) is -5.24. The van der Waals surface area contributed by atoms with E-state index in [-0.39, 0.29) is 0 Å². The second-order valence-corrected chi connectivity index (χ2v) is 7.32. The van der Waals surface area contributed by atoms with Crippen molar-refractivity contribution in [2.45, 2.75) is 24.4 Å². The van der Waals surface area contributed by atoms with Gasteiger partial charge in [0, 0.05) is 0 Å². The van der Waals surface area contributed by atoms with Gasteiger partial charge in [0.15, 0.2) is 11.6 Å². The molecule has 168 valence electrons. The summed E-state index contributed by atoms with van der Waals surface area (Å²) in [6, 6.07) is 0. The third-order valence-electron chi connectivity index (χ3n) is 2.53. The summed E-state index contributed by atoms with van der Waals surface area (Å²) in [5.74, 6) is -2.13. The molecule has 0 aromatic carbocycles. The third kappa shape index (κ3) is 15.3. The molecule has 0 aromatic rings. The molecule has 0 aliphatic rings. The molecule has 0 amide bonds. The summed E-state index contributed by atoms with van der Waals surface area (Å²) in [7, 11) is -9.49. The molecule has 0 fully saturated rings. The van der Waals surface area contributed by atoms with Gasteiger partial charge in [-0.1, -0.05) is 0 Å². The Balaban J connectivity index is 0. The van der Waals surface area contributed by atoms with E-state index < -0.39 is 78.1 Å². The molecule has 18 heteroatoms. The van der Waals surface area contributed by atoms with E-state index in [1.807, 2.05) is 0 Å². The molecule has 0 bridgehead atoms. The first-order chi connectivity index (χ1) is 12.6. The lowest BCUT2D eigenvalue weighted by Gasteiger charge is -2.15. The van der Waals surface area contributed by atoms with E-state index in [9.17, 15) is 18.7 Å². The minimum absolute atomic E-state index is 0.906. The Labute approximate surface area is 157 Å². The number of hydrogen-bond donors (Lipinski definition) is 10. The third-order valence-corrected chi connectivity index (χ3v) is 3.50. The van der Waals surface area contributed by atoms with E-state index in [0.29, 0.717) is 0 Å². The van der Waals surface area contributed by atoms with Gasteiger partial charge in [0.05, 0.1) is 13.2 Å². The number of aliphatic hydroxyl groups is 6. The van der Waals surface area contributed by atoms with Crippen LogP contribution < -0.4 is 0 Å². The minimum atomic E-state index is -4.74. The topological polar surface area (TPSA) is 289 Å². The summed E-state index contributed by atoms with van der Waals surface area (Å²) in [5.41, 5.74) is 0. The number of rotatable bonds is 12. The molecule has 0 rings (SSSR count). The molecule has 0 saturated heterocycles. The van der Waals surface area contributed by atoms with Crippen molar-refractivity contribution >= 4 is 27.2 Å². The Hall–Kier alpha value is -0.680. The number of carbonyl (C=O) groups is 2. The van der Waals surface area contributed by atoms with Crippen LogP contribution in [-0.4, -0.2) is 113 Å². The fourth-order valence-electron chi connectivity index (χ4n) is 1.15. The number of ketones is 2. The highest BCUT2D eigenvalue weighted by Gasteiger charge is 2.27. The van der Waals surface area contributed by atoms with Gasteiger partial charge in [-0.05, 0) is 0 Å². The molecular formula is C10H22O16P2. The molecule has 0 aliphatic carbocycles. The van der Waals surface area contributed by atoms with E-state index in [4.69, 9.17) is 50.2 Å². The summed E-state index contributed by atoms with van der Waals surface area (Å²) in [6.07, 6.45) is -7.43. The zero-order valence-corrected chi connectivity index (χ0v) is 15.7. The van der Waals surface area contributed by atoms with Crippen LogP contribution in [0.2, 0.25) is 0 Å². The van der Waals surface area contributed by atoms with Gasteiger partial charge in [0.2, 0.25) is 0 Å². The van der Waals surface area contributed by atoms with Gasteiger partial charge in [-0.3, -0.25) is 18.6 Å². The van der Waals surface area contributed by atoms with Crippen LogP contribution >= 0.6 is 15.6 Å². The smallest absolute Gasteiger partial charge is 0.388 e. The second-order valence-electron chi connectivity index (χ2n) is 4.85. The number of phosphoric acid groups is 2. The van der Waals surface area contributed by atoms with Gasteiger partial charge in [0.1, 0.15) is 37.6 Å². The fourth-order valence-corrected chi connectivity index (χ4v) is 1.84. The standard InChI is InChI=1S/2C5H11O8P/c2*6-1-3(7)5(9)4(8)2-13-14(10,11)12/h2*4-6,8-9H,1-2H2,(H2,10,11,12). The van der Waals surface area contributed by atoms with Crippen LogP contribution in [0.3, 0.4) is 0 Å². The first-order valence-corrected chi connectivity index (χ1v) is 10.0. The highest BCUT2D eigenvalue weighted by atomic mass is 31.2. The van der Waals surface area contributed by atoms with Gasteiger partial charge < -0.3 is 50.2 Å². The lowest BCUT2D eigenvalue weighted by Crippen LogP contribution is -2.38. The van der Waals surface area contributed by atoms with Gasteiger partial charge in [0.25, 0.3) is 0 Å². The van der Waals surface area contributed by atoms with Crippen molar-refractivity contribution in [1.29, 1.82) is 0 Å². The van der Waals surface area contributed by atoms with Crippen molar-refractivity contribution in [1.82, 2.24) is 0 Å². The number of phosphoric ester groups is 2. The van der Waals surface area contributed by atoms with Crippen molar-refractivity contribution < 1.29 is 78.0 Å². The summed E-state index contributed by atoms with van der Waals surface area (Å²) < 4.78 is 27.9. The Morgan fingerprint density at radius 1 is 0.679 bits per heavy atom. The first-order valence-electron chi connectivity index (χ1n) is 6.95. The number of aliphatic hydroxyl groups excluding tert-OH is 6. The maximum Gasteiger partial charge on any atom is 0.469 e. The molecule has 0 saturated carbocycles. The molecule has 0 aliphatic heterocycles. The largest absolute Gasteiger partial charge is 0.469 e. The molecule has 10 N–H and O–H groups in total. The van der Waals surface area contributed by atoms with E-state index in [2.05, 4.69) is 9.05 Å². The van der Waals surface area contributed by atoms with E-state index in [0.717, 1.165) is 0 Å². The van der Waals surface area contributed by atoms with E-state index in [1.54, 1.807) is 0 Å². The van der Waals surface area contributed by atoms with Gasteiger partial charge >= 0.3 is 15.6 Å². The second kappa shape index (κ2) is 13.5. The van der Waals surface area contributed by atoms with Crippen LogP contribution in [0.1, 0.15) is 0 Å². The zero-order chi connectivity index (χ0) is 22.7. The number of Topliss-reactive ketones (excluding diaryl/α,β-unsaturated/α-hetero) is 2. The molecule has 4 unspecified atom stereocenters. The normalized spacial score (nSPS) is 16.4. The average molecular weight is 460 g/mol. The maximum absolute atomic E-state index is 10.6. The van der Waals surface area contributed by atoms with Gasteiger partial charge in [-0.25, -0.2) is 9.13 Å². The average Bonchev–Trinajstić information content (AvgIpc) is 2.60. The molecule has 4 atom stereocenters. The summed E-state index contributed by atoms with van der Waals surface area (Å²) in [6.45, 7) is -3.77. The number of carbonyl (C=O) groups excluding carboxylic acids is 2. The molecular weight excluding hydrogens is 438 g/mol. The molecule has 0 heterocycles. The van der Waals surface area contributed by atoms with Crippen LogP contribution in [0.15, 0.2) is 0 Å². The monoisotopic (exact) mass is 460 g/mol. The Morgan fingerprint density at radius 2 is 0.929 bits per heavy atom. The summed E-state index contributed by atoms with van der Waals surface area (Å²) >= 11 is 0.